The number of benzene rings is 1. The Hall–Kier alpha value is -1.46. The zero-order chi connectivity index (χ0) is 10.1. The van der Waals surface area contributed by atoms with Gasteiger partial charge in [0, 0.05) is 18.1 Å². The fraction of sp³-hybridized carbons (Fsp3) is 0.333. The van der Waals surface area contributed by atoms with Crippen molar-refractivity contribution in [2.75, 3.05) is 0 Å². The van der Waals surface area contributed by atoms with Crippen LogP contribution in [0.25, 0.3) is 0 Å². The summed E-state index contributed by atoms with van der Waals surface area (Å²) in [6.07, 6.45) is -0.740. The summed E-state index contributed by atoms with van der Waals surface area (Å²) in [5, 5.41) is 19.9. The number of aliphatic hydroxyl groups is 1. The van der Waals surface area contributed by atoms with Gasteiger partial charge in [-0.05, 0) is 5.56 Å². The van der Waals surface area contributed by atoms with Crippen molar-refractivity contribution < 1.29 is 14.8 Å². The Kier molecular flexibility index (Phi) is 2.18. The van der Waals surface area contributed by atoms with E-state index < -0.39 is 11.2 Å². The predicted molar refractivity (Wildman–Crippen MR) is 47.6 cm³/mol. The van der Waals surface area contributed by atoms with Crippen LogP contribution < -0.4 is 0 Å². The van der Waals surface area contributed by atoms with Gasteiger partial charge in [-0.3, -0.25) is 10.1 Å². The smallest absolute Gasteiger partial charge is 0.273 e. The maximum absolute atomic E-state index is 10.7. The van der Waals surface area contributed by atoms with E-state index in [2.05, 4.69) is 0 Å². The largest absolute Gasteiger partial charge is 0.368 e. The molecule has 5 heteroatoms. The van der Waals surface area contributed by atoms with Crippen molar-refractivity contribution in [2.45, 2.75) is 19.3 Å². The Morgan fingerprint density at radius 3 is 3.07 bits per heavy atom. The van der Waals surface area contributed by atoms with Crippen LogP contribution in [0.3, 0.4) is 0 Å². The van der Waals surface area contributed by atoms with Crippen LogP contribution in [-0.2, 0) is 17.8 Å². The van der Waals surface area contributed by atoms with Crippen molar-refractivity contribution in [3.8, 4) is 0 Å². The summed E-state index contributed by atoms with van der Waals surface area (Å²) in [6, 6.07) is 4.84. The number of ether oxygens (including phenoxy) is 1. The number of hydrogen-bond donors (Lipinski definition) is 1. The molecule has 1 atom stereocenters. The van der Waals surface area contributed by atoms with Crippen LogP contribution in [0.4, 0.5) is 5.69 Å². The van der Waals surface area contributed by atoms with Crippen LogP contribution in [0.2, 0.25) is 0 Å². The van der Waals surface area contributed by atoms with Crippen molar-refractivity contribution in [1.29, 1.82) is 0 Å². The quantitative estimate of drug-likeness (QED) is 0.535. The zero-order valence-electron chi connectivity index (χ0n) is 7.34. The normalized spacial score (nSPS) is 20.2. The first kappa shape index (κ1) is 9.11. The van der Waals surface area contributed by atoms with Crippen molar-refractivity contribution in [2.24, 2.45) is 0 Å². The van der Waals surface area contributed by atoms with Gasteiger partial charge in [-0.25, -0.2) is 0 Å². The van der Waals surface area contributed by atoms with Gasteiger partial charge in [0.2, 0.25) is 0 Å². The van der Waals surface area contributed by atoms with E-state index >= 15 is 0 Å². The van der Waals surface area contributed by atoms with Gasteiger partial charge in [0.25, 0.3) is 5.69 Å². The molecule has 0 saturated carbocycles. The Morgan fingerprint density at radius 1 is 1.57 bits per heavy atom. The second kappa shape index (κ2) is 3.36. The lowest BCUT2D eigenvalue weighted by Crippen LogP contribution is -2.22. The average molecular weight is 195 g/mol. The number of rotatable bonds is 1. The third-order valence-electron chi connectivity index (χ3n) is 2.25. The molecule has 14 heavy (non-hydrogen) atoms. The highest BCUT2D eigenvalue weighted by molar-refractivity contribution is 5.46. The maximum atomic E-state index is 10.7. The second-order valence-corrected chi connectivity index (χ2v) is 3.14. The standard InChI is InChI=1S/C9H9NO4/c11-9-4-7-6(5-14-9)2-1-3-8(7)10(12)13/h1-3,9,11H,4-5H2. The van der Waals surface area contributed by atoms with Crippen LogP contribution in [-0.4, -0.2) is 16.3 Å². The minimum atomic E-state index is -0.927. The SMILES string of the molecule is O=[N+]([O-])c1cccc2c1CC(O)OC2. The van der Waals surface area contributed by atoms with Gasteiger partial charge in [0.05, 0.1) is 11.5 Å². The molecule has 1 aliphatic rings. The monoisotopic (exact) mass is 195 g/mol. The lowest BCUT2D eigenvalue weighted by atomic mass is 10.0. The molecule has 1 N–H and O–H groups in total. The Morgan fingerprint density at radius 2 is 2.36 bits per heavy atom. The molecule has 1 unspecified atom stereocenters. The lowest BCUT2D eigenvalue weighted by Gasteiger charge is -2.20. The van der Waals surface area contributed by atoms with Crippen LogP contribution in [0.1, 0.15) is 11.1 Å². The summed E-state index contributed by atoms with van der Waals surface area (Å²) in [7, 11) is 0. The highest BCUT2D eigenvalue weighted by Crippen LogP contribution is 2.28. The molecule has 0 aliphatic carbocycles. The molecule has 74 valence electrons. The Balaban J connectivity index is 2.48. The van der Waals surface area contributed by atoms with Gasteiger partial charge in [-0.1, -0.05) is 12.1 Å². The van der Waals surface area contributed by atoms with Crippen molar-refractivity contribution in [3.63, 3.8) is 0 Å². The molecule has 0 saturated heterocycles. The van der Waals surface area contributed by atoms with E-state index in [9.17, 15) is 15.2 Å². The molecule has 1 aliphatic heterocycles. The van der Waals surface area contributed by atoms with Gasteiger partial charge in [0.15, 0.2) is 6.29 Å². The molecule has 1 aromatic rings. The molecule has 0 bridgehead atoms. The lowest BCUT2D eigenvalue weighted by molar-refractivity contribution is -0.386. The molecule has 0 radical (unpaired) electrons. The predicted octanol–water partition coefficient (Wildman–Crippen LogP) is 0.986. The number of fused-ring (bicyclic) bond motifs is 1. The molecular weight excluding hydrogens is 186 g/mol. The Bertz CT molecular complexity index is 377. The number of aliphatic hydroxyl groups excluding tert-OH is 1. The molecule has 0 aromatic heterocycles. The van der Waals surface area contributed by atoms with Crippen LogP contribution in [0.15, 0.2) is 18.2 Å². The highest BCUT2D eigenvalue weighted by atomic mass is 16.6. The molecule has 0 amide bonds. The van der Waals surface area contributed by atoms with Gasteiger partial charge in [-0.15, -0.1) is 0 Å². The maximum Gasteiger partial charge on any atom is 0.273 e. The molecule has 0 spiro atoms. The van der Waals surface area contributed by atoms with E-state index in [-0.39, 0.29) is 18.7 Å². The Labute approximate surface area is 80.1 Å². The van der Waals surface area contributed by atoms with E-state index in [0.29, 0.717) is 5.56 Å². The first-order valence-electron chi connectivity index (χ1n) is 4.23. The second-order valence-electron chi connectivity index (χ2n) is 3.14. The summed E-state index contributed by atoms with van der Waals surface area (Å²) >= 11 is 0. The topological polar surface area (TPSA) is 72.6 Å². The number of nitrogens with zero attached hydrogens (tertiary/aromatic N) is 1. The van der Waals surface area contributed by atoms with Gasteiger partial charge >= 0.3 is 0 Å². The fourth-order valence-electron chi connectivity index (χ4n) is 1.58. The first-order chi connectivity index (χ1) is 6.68. The average Bonchev–Trinajstić information content (AvgIpc) is 2.16. The van der Waals surface area contributed by atoms with E-state index in [0.717, 1.165) is 5.56 Å². The molecule has 5 nitrogen and oxygen atoms in total. The third kappa shape index (κ3) is 1.47. The van der Waals surface area contributed by atoms with E-state index in [1.54, 1.807) is 12.1 Å². The highest BCUT2D eigenvalue weighted by Gasteiger charge is 2.24. The van der Waals surface area contributed by atoms with Gasteiger partial charge in [0.1, 0.15) is 0 Å². The minimum Gasteiger partial charge on any atom is -0.368 e. The number of nitro groups is 1. The molecule has 1 aromatic carbocycles. The number of hydrogen-bond acceptors (Lipinski definition) is 4. The number of nitro benzene ring substituents is 1. The summed E-state index contributed by atoms with van der Waals surface area (Å²) in [6.45, 7) is 0.234. The zero-order valence-corrected chi connectivity index (χ0v) is 7.34. The van der Waals surface area contributed by atoms with Crippen LogP contribution in [0.5, 0.6) is 0 Å². The molecule has 2 rings (SSSR count). The van der Waals surface area contributed by atoms with Crippen molar-refractivity contribution >= 4 is 5.69 Å². The minimum absolute atomic E-state index is 0.0600. The molecular formula is C9H9NO4. The van der Waals surface area contributed by atoms with Gasteiger partial charge in [-0.2, -0.15) is 0 Å². The summed E-state index contributed by atoms with van der Waals surface area (Å²) in [5.41, 5.74) is 1.42. The first-order valence-corrected chi connectivity index (χ1v) is 4.23. The molecule has 0 fully saturated rings. The van der Waals surface area contributed by atoms with Crippen LogP contribution in [0, 0.1) is 10.1 Å². The summed E-state index contributed by atoms with van der Waals surface area (Å²) in [4.78, 5) is 10.2. The van der Waals surface area contributed by atoms with E-state index in [1.807, 2.05) is 0 Å². The van der Waals surface area contributed by atoms with E-state index in [4.69, 9.17) is 4.74 Å². The summed E-state index contributed by atoms with van der Waals surface area (Å²) < 4.78 is 4.97. The van der Waals surface area contributed by atoms with E-state index in [1.165, 1.54) is 6.07 Å². The van der Waals surface area contributed by atoms with Crippen LogP contribution >= 0.6 is 0 Å². The van der Waals surface area contributed by atoms with Crippen molar-refractivity contribution in [3.05, 3.63) is 39.4 Å². The van der Waals surface area contributed by atoms with Gasteiger partial charge < -0.3 is 9.84 Å². The summed E-state index contributed by atoms with van der Waals surface area (Å²) in [5.74, 6) is 0. The third-order valence-corrected chi connectivity index (χ3v) is 2.25. The fourth-order valence-corrected chi connectivity index (χ4v) is 1.58. The molecule has 1 heterocycles. The van der Waals surface area contributed by atoms with Crippen molar-refractivity contribution in [1.82, 2.24) is 0 Å².